The molecule has 0 aromatic carbocycles. The Morgan fingerprint density at radius 3 is 2.70 bits per heavy atom. The second kappa shape index (κ2) is 10.2. The van der Waals surface area contributed by atoms with Gasteiger partial charge >= 0.3 is 0 Å². The zero-order valence-corrected chi connectivity index (χ0v) is 21.6. The number of amides is 1. The van der Waals surface area contributed by atoms with E-state index in [1.807, 2.05) is 18.0 Å². The highest BCUT2D eigenvalue weighted by atomic mass is 16.5. The number of aromatic nitrogens is 2. The Morgan fingerprint density at radius 2 is 1.95 bits per heavy atom. The highest BCUT2D eigenvalue weighted by Gasteiger charge is 2.36. The molecule has 6 rings (SSSR count). The molecule has 0 spiro atoms. The molecule has 2 aromatic heterocycles. The van der Waals surface area contributed by atoms with E-state index >= 15 is 0 Å². The van der Waals surface area contributed by atoms with Crippen molar-refractivity contribution in [2.75, 3.05) is 62.7 Å². The molecule has 0 atom stereocenters. The first-order valence-electron chi connectivity index (χ1n) is 13.3. The van der Waals surface area contributed by atoms with Crippen LogP contribution in [0.1, 0.15) is 42.6 Å². The summed E-state index contributed by atoms with van der Waals surface area (Å²) < 4.78 is 11.9. The van der Waals surface area contributed by atoms with Crippen LogP contribution in [0.4, 0.5) is 17.2 Å². The third-order valence-corrected chi connectivity index (χ3v) is 8.00. The van der Waals surface area contributed by atoms with Crippen molar-refractivity contribution in [1.82, 2.24) is 19.8 Å². The van der Waals surface area contributed by atoms with Gasteiger partial charge in [-0.15, -0.1) is 0 Å². The van der Waals surface area contributed by atoms with Gasteiger partial charge in [-0.05, 0) is 57.8 Å². The number of carbonyl (C=O) groups excluding carboxylic acids is 1. The summed E-state index contributed by atoms with van der Waals surface area (Å²) in [7, 11) is 0. The molecule has 0 aliphatic carbocycles. The van der Waals surface area contributed by atoms with Gasteiger partial charge in [0.25, 0.3) is 5.91 Å². The van der Waals surface area contributed by atoms with E-state index in [0.717, 1.165) is 105 Å². The molecule has 3 saturated heterocycles. The van der Waals surface area contributed by atoms with Crippen molar-refractivity contribution in [3.63, 3.8) is 0 Å². The van der Waals surface area contributed by atoms with Gasteiger partial charge in [0.2, 0.25) is 0 Å². The van der Waals surface area contributed by atoms with Crippen LogP contribution in [0.3, 0.4) is 0 Å². The average molecular weight is 503 g/mol. The van der Waals surface area contributed by atoms with Gasteiger partial charge < -0.3 is 24.6 Å². The van der Waals surface area contributed by atoms with Gasteiger partial charge in [-0.25, -0.2) is 4.98 Å². The Labute approximate surface area is 218 Å². The summed E-state index contributed by atoms with van der Waals surface area (Å²) in [6.07, 6.45) is 3.99. The van der Waals surface area contributed by atoms with Crippen LogP contribution >= 0.6 is 0 Å². The van der Waals surface area contributed by atoms with Crippen LogP contribution in [0, 0.1) is 18.8 Å². The summed E-state index contributed by atoms with van der Waals surface area (Å²) in [5, 5.41) is 3.58. The van der Waals surface area contributed by atoms with E-state index in [9.17, 15) is 4.79 Å². The minimum Gasteiger partial charge on any atom is -0.485 e. The number of morpholine rings is 1. The number of rotatable bonds is 3. The number of likely N-dealkylation sites (tertiary alicyclic amines) is 2. The molecule has 9 nitrogen and oxygen atoms in total. The number of ether oxygens (including phenoxy) is 2. The van der Waals surface area contributed by atoms with E-state index in [2.05, 4.69) is 44.1 Å². The molecule has 0 radical (unpaired) electrons. The number of fused-ring (bicyclic) bond motifs is 2. The minimum absolute atomic E-state index is 0.0545. The van der Waals surface area contributed by atoms with E-state index in [0.29, 0.717) is 18.6 Å². The second-order valence-electron chi connectivity index (χ2n) is 10.2. The molecule has 9 heteroatoms. The van der Waals surface area contributed by atoms with Gasteiger partial charge in [0, 0.05) is 55.7 Å². The Morgan fingerprint density at radius 1 is 1.16 bits per heavy atom. The molecule has 1 amide bonds. The van der Waals surface area contributed by atoms with E-state index in [-0.39, 0.29) is 5.91 Å². The maximum absolute atomic E-state index is 11.9. The number of nitrogens with zero attached hydrogens (tertiary/aromatic N) is 5. The predicted octanol–water partition coefficient (Wildman–Crippen LogP) is 2.67. The SMILES string of the molecule is CC#CC(=O)N1CC(N2CCC(c3cc4c(c(C)n3)OCc3c(N5CCOCC5)ccnc3N4)CC2)C1. The van der Waals surface area contributed by atoms with Crippen LogP contribution in [0.5, 0.6) is 5.75 Å². The molecule has 3 fully saturated rings. The fraction of sp³-hybridized carbons (Fsp3) is 0.536. The van der Waals surface area contributed by atoms with Gasteiger partial charge in [-0.2, -0.15) is 0 Å². The number of nitrogens with one attached hydrogen (secondary N) is 1. The zero-order valence-electron chi connectivity index (χ0n) is 21.6. The van der Waals surface area contributed by atoms with E-state index in [1.54, 1.807) is 6.92 Å². The first-order chi connectivity index (χ1) is 18.1. The van der Waals surface area contributed by atoms with Crippen LogP contribution in [-0.2, 0) is 16.1 Å². The standard InChI is InChI=1S/C28H34N6O3/c1-3-4-26(35)34-16-21(17-34)32-9-6-20(7-10-32)23-15-24-27(19(2)30-23)37-18-22-25(5-8-29-28(22)31-24)33-11-13-36-14-12-33/h5,8,15,20-21H,6-7,9-14,16-18H2,1-2H3,(H,29,31). The van der Waals surface area contributed by atoms with Gasteiger partial charge in [-0.1, -0.05) is 5.92 Å². The highest BCUT2D eigenvalue weighted by molar-refractivity contribution is 5.94. The van der Waals surface area contributed by atoms with Crippen LogP contribution in [0.2, 0.25) is 0 Å². The lowest BCUT2D eigenvalue weighted by Crippen LogP contribution is -2.61. The lowest BCUT2D eigenvalue weighted by atomic mass is 9.90. The second-order valence-corrected chi connectivity index (χ2v) is 10.2. The van der Waals surface area contributed by atoms with Crippen LogP contribution in [0.25, 0.3) is 0 Å². The van der Waals surface area contributed by atoms with Crippen molar-refractivity contribution in [2.45, 2.75) is 45.3 Å². The van der Waals surface area contributed by atoms with Crippen LogP contribution in [0.15, 0.2) is 18.3 Å². The minimum atomic E-state index is -0.0545. The third-order valence-electron chi connectivity index (χ3n) is 8.00. The van der Waals surface area contributed by atoms with Crippen LogP contribution in [-0.4, -0.2) is 84.2 Å². The lowest BCUT2D eigenvalue weighted by molar-refractivity contribution is -0.132. The van der Waals surface area contributed by atoms with Crippen molar-refractivity contribution in [3.05, 3.63) is 35.3 Å². The number of aryl methyl sites for hydroxylation is 1. The summed E-state index contributed by atoms with van der Waals surface area (Å²) in [4.78, 5) is 28.3. The summed E-state index contributed by atoms with van der Waals surface area (Å²) in [5.74, 6) is 7.35. The predicted molar refractivity (Wildman–Crippen MR) is 141 cm³/mol. The van der Waals surface area contributed by atoms with Crippen molar-refractivity contribution < 1.29 is 14.3 Å². The number of piperidine rings is 1. The van der Waals surface area contributed by atoms with Crippen molar-refractivity contribution in [3.8, 4) is 17.6 Å². The fourth-order valence-corrected chi connectivity index (χ4v) is 5.87. The Bertz CT molecular complexity index is 1230. The molecule has 0 unspecified atom stereocenters. The maximum Gasteiger partial charge on any atom is 0.298 e. The molecule has 2 aromatic rings. The quantitative estimate of drug-likeness (QED) is 0.642. The fourth-order valence-electron chi connectivity index (χ4n) is 5.87. The van der Waals surface area contributed by atoms with E-state index in [4.69, 9.17) is 14.5 Å². The number of anilines is 3. The molecule has 0 bridgehead atoms. The molecule has 4 aliphatic heterocycles. The Kier molecular flexibility index (Phi) is 6.61. The first kappa shape index (κ1) is 24.0. The van der Waals surface area contributed by atoms with Gasteiger partial charge in [0.05, 0.1) is 30.2 Å². The Balaban J connectivity index is 1.14. The first-order valence-corrected chi connectivity index (χ1v) is 13.3. The highest BCUT2D eigenvalue weighted by Crippen LogP contribution is 2.40. The monoisotopic (exact) mass is 502 g/mol. The third kappa shape index (κ3) is 4.72. The molecule has 6 heterocycles. The van der Waals surface area contributed by atoms with E-state index in [1.165, 1.54) is 0 Å². The molecule has 0 saturated carbocycles. The molecule has 1 N–H and O–H groups in total. The van der Waals surface area contributed by atoms with Gasteiger partial charge in [0.1, 0.15) is 12.4 Å². The van der Waals surface area contributed by atoms with Gasteiger partial charge in [-0.3, -0.25) is 14.7 Å². The number of hydrogen-bond donors (Lipinski definition) is 1. The maximum atomic E-state index is 11.9. The summed E-state index contributed by atoms with van der Waals surface area (Å²) in [6, 6.07) is 4.68. The topological polar surface area (TPSA) is 83.1 Å². The van der Waals surface area contributed by atoms with Crippen molar-refractivity contribution in [1.29, 1.82) is 0 Å². The molecule has 4 aliphatic rings. The number of carbonyl (C=O) groups is 1. The molecule has 194 valence electrons. The van der Waals surface area contributed by atoms with Gasteiger partial charge in [0.15, 0.2) is 5.75 Å². The van der Waals surface area contributed by atoms with E-state index < -0.39 is 0 Å². The van der Waals surface area contributed by atoms with Crippen molar-refractivity contribution >= 4 is 23.1 Å². The average Bonchev–Trinajstić information content (AvgIpc) is 3.08. The Hall–Kier alpha value is -3.35. The number of pyridine rings is 2. The summed E-state index contributed by atoms with van der Waals surface area (Å²) >= 11 is 0. The number of hydrogen-bond acceptors (Lipinski definition) is 8. The summed E-state index contributed by atoms with van der Waals surface area (Å²) in [5.41, 5.74) is 5.20. The summed E-state index contributed by atoms with van der Waals surface area (Å²) in [6.45, 7) is 11.0. The van der Waals surface area contributed by atoms with Crippen molar-refractivity contribution in [2.24, 2.45) is 0 Å². The molecular formula is C28H34N6O3. The molecular weight excluding hydrogens is 468 g/mol. The lowest BCUT2D eigenvalue weighted by Gasteiger charge is -2.47. The van der Waals surface area contributed by atoms with Crippen LogP contribution < -0.4 is 15.0 Å². The molecule has 37 heavy (non-hydrogen) atoms. The zero-order chi connectivity index (χ0) is 25.4. The largest absolute Gasteiger partial charge is 0.485 e. The smallest absolute Gasteiger partial charge is 0.298 e. The normalized spacial score (nSPS) is 20.4.